The topological polar surface area (TPSA) is 12.5 Å². The molecule has 5 heavy (non-hydrogen) atoms. The average molecular weight is 146 g/mol. The Balaban J connectivity index is 0.000000160. The SMILES string of the molecule is [CH2-]C1CO1.[Y]. The molecule has 2 heteroatoms. The molecule has 0 N–H and O–H groups in total. The van der Waals surface area contributed by atoms with Gasteiger partial charge in [0.1, 0.15) is 0 Å². The summed E-state index contributed by atoms with van der Waals surface area (Å²) in [5, 5.41) is 0. The van der Waals surface area contributed by atoms with Crippen LogP contribution in [0, 0.1) is 6.92 Å². The summed E-state index contributed by atoms with van der Waals surface area (Å²) in [6.45, 7) is 4.40. The molecular formula is C3H5OY-. The summed E-state index contributed by atoms with van der Waals surface area (Å²) in [6.07, 6.45) is 0.333. The van der Waals surface area contributed by atoms with Crippen molar-refractivity contribution in [3.05, 3.63) is 6.92 Å². The maximum Gasteiger partial charge on any atom is 0.0414 e. The van der Waals surface area contributed by atoms with E-state index >= 15 is 0 Å². The van der Waals surface area contributed by atoms with Crippen molar-refractivity contribution in [3.63, 3.8) is 0 Å². The molecule has 1 heterocycles. The molecule has 0 amide bonds. The second-order valence-corrected chi connectivity index (χ2v) is 0.955. The van der Waals surface area contributed by atoms with Gasteiger partial charge >= 0.3 is 0 Å². The van der Waals surface area contributed by atoms with Crippen LogP contribution in [-0.4, -0.2) is 12.7 Å². The molecule has 0 aromatic carbocycles. The van der Waals surface area contributed by atoms with E-state index in [0.29, 0.717) is 6.10 Å². The van der Waals surface area contributed by atoms with Crippen LogP contribution in [0.15, 0.2) is 0 Å². The van der Waals surface area contributed by atoms with Crippen molar-refractivity contribution in [2.45, 2.75) is 6.10 Å². The van der Waals surface area contributed by atoms with Crippen LogP contribution in [0.2, 0.25) is 0 Å². The molecular weight excluding hydrogens is 141 g/mol. The standard InChI is InChI=1S/C3H5O.Y/c1-3-2-4-3;/h3H,1-2H2;/q-1;. The largest absolute Gasteiger partial charge is 0.408 e. The third-order valence-electron chi connectivity index (χ3n) is 0.402. The molecule has 1 aliphatic heterocycles. The smallest absolute Gasteiger partial charge is 0.0414 e. The first-order valence-corrected chi connectivity index (χ1v) is 1.34. The van der Waals surface area contributed by atoms with Crippen LogP contribution >= 0.6 is 0 Å². The molecule has 0 aliphatic carbocycles. The summed E-state index contributed by atoms with van der Waals surface area (Å²) in [6, 6.07) is 0. The van der Waals surface area contributed by atoms with E-state index in [1.165, 1.54) is 0 Å². The second kappa shape index (κ2) is 2.27. The van der Waals surface area contributed by atoms with Gasteiger partial charge in [0.25, 0.3) is 0 Å². The van der Waals surface area contributed by atoms with Crippen molar-refractivity contribution in [2.24, 2.45) is 0 Å². The Hall–Kier alpha value is 1.06. The van der Waals surface area contributed by atoms with Crippen molar-refractivity contribution >= 4 is 0 Å². The first-order chi connectivity index (χ1) is 1.89. The van der Waals surface area contributed by atoms with Crippen LogP contribution in [0.25, 0.3) is 0 Å². The molecule has 0 bridgehead atoms. The van der Waals surface area contributed by atoms with Crippen molar-refractivity contribution in [2.75, 3.05) is 6.61 Å². The number of rotatable bonds is 0. The van der Waals surface area contributed by atoms with Crippen molar-refractivity contribution < 1.29 is 37.4 Å². The summed E-state index contributed by atoms with van der Waals surface area (Å²) in [7, 11) is 0. The summed E-state index contributed by atoms with van der Waals surface area (Å²) in [4.78, 5) is 0. The van der Waals surface area contributed by atoms with Gasteiger partial charge in [-0.1, -0.05) is 0 Å². The van der Waals surface area contributed by atoms with E-state index in [-0.39, 0.29) is 32.7 Å². The van der Waals surface area contributed by atoms with Gasteiger partial charge in [-0.15, -0.1) is 0 Å². The van der Waals surface area contributed by atoms with E-state index in [1.54, 1.807) is 0 Å². The van der Waals surface area contributed by atoms with Crippen molar-refractivity contribution in [3.8, 4) is 0 Å². The minimum absolute atomic E-state index is 0. The van der Waals surface area contributed by atoms with Gasteiger partial charge < -0.3 is 11.7 Å². The fourth-order valence-corrected chi connectivity index (χ4v) is 0.0680. The van der Waals surface area contributed by atoms with Crippen molar-refractivity contribution in [1.29, 1.82) is 0 Å². The van der Waals surface area contributed by atoms with Gasteiger partial charge in [0, 0.05) is 39.3 Å². The van der Waals surface area contributed by atoms with E-state index in [1.807, 2.05) is 0 Å². The zero-order valence-corrected chi connectivity index (χ0v) is 5.82. The Labute approximate surface area is 57.0 Å². The van der Waals surface area contributed by atoms with Gasteiger partial charge in [0.2, 0.25) is 0 Å². The van der Waals surface area contributed by atoms with E-state index in [9.17, 15) is 0 Å². The van der Waals surface area contributed by atoms with Crippen LogP contribution in [0.4, 0.5) is 0 Å². The maximum atomic E-state index is 4.60. The molecule has 0 aromatic rings. The fourth-order valence-electron chi connectivity index (χ4n) is 0.0680. The summed E-state index contributed by atoms with van der Waals surface area (Å²) in [5.74, 6) is 0. The van der Waals surface area contributed by atoms with Gasteiger partial charge in [0.05, 0.1) is 0 Å². The van der Waals surface area contributed by atoms with Crippen LogP contribution < -0.4 is 0 Å². The summed E-state index contributed by atoms with van der Waals surface area (Å²) in [5.41, 5.74) is 0. The summed E-state index contributed by atoms with van der Waals surface area (Å²) < 4.78 is 4.60. The zero-order valence-electron chi connectivity index (χ0n) is 2.98. The first kappa shape index (κ1) is 6.06. The molecule has 0 saturated carbocycles. The molecule has 1 saturated heterocycles. The zero-order chi connectivity index (χ0) is 2.99. The minimum Gasteiger partial charge on any atom is -0.408 e. The average Bonchev–Trinajstić information content (AvgIpc) is 1.75. The Morgan fingerprint density at radius 3 is 2.00 bits per heavy atom. The molecule has 1 fully saturated rings. The van der Waals surface area contributed by atoms with Crippen LogP contribution in [0.5, 0.6) is 0 Å². The van der Waals surface area contributed by atoms with Gasteiger partial charge in [0.15, 0.2) is 0 Å². The molecule has 1 nitrogen and oxygen atoms in total. The van der Waals surface area contributed by atoms with Crippen LogP contribution in [0.1, 0.15) is 0 Å². The molecule has 1 rings (SSSR count). The predicted molar refractivity (Wildman–Crippen MR) is 15.1 cm³/mol. The van der Waals surface area contributed by atoms with E-state index in [2.05, 4.69) is 11.7 Å². The Morgan fingerprint density at radius 2 is 2.00 bits per heavy atom. The van der Waals surface area contributed by atoms with Crippen molar-refractivity contribution in [1.82, 2.24) is 0 Å². The quantitative estimate of drug-likeness (QED) is 0.351. The number of epoxide rings is 1. The molecule has 1 aliphatic rings. The van der Waals surface area contributed by atoms with Gasteiger partial charge in [-0.3, -0.25) is 0 Å². The molecule has 0 aromatic heterocycles. The Morgan fingerprint density at radius 1 is 1.80 bits per heavy atom. The number of hydrogen-bond donors (Lipinski definition) is 0. The Kier molecular flexibility index (Phi) is 2.76. The normalized spacial score (nSPS) is 31.8. The van der Waals surface area contributed by atoms with E-state index in [4.69, 9.17) is 0 Å². The first-order valence-electron chi connectivity index (χ1n) is 1.34. The summed E-state index contributed by atoms with van der Waals surface area (Å²) >= 11 is 0. The second-order valence-electron chi connectivity index (χ2n) is 0.955. The van der Waals surface area contributed by atoms with Gasteiger partial charge in [-0.25, -0.2) is 0 Å². The fraction of sp³-hybridized carbons (Fsp3) is 0.667. The molecule has 0 spiro atoms. The predicted octanol–water partition coefficient (Wildman–Crippen LogP) is 0.217. The van der Waals surface area contributed by atoms with Gasteiger partial charge in [-0.05, 0) is 6.10 Å². The monoisotopic (exact) mass is 146 g/mol. The number of hydrogen-bond acceptors (Lipinski definition) is 1. The minimum atomic E-state index is 0. The van der Waals surface area contributed by atoms with Gasteiger partial charge in [-0.2, -0.15) is 0 Å². The van der Waals surface area contributed by atoms with E-state index in [0.717, 1.165) is 6.61 Å². The Bertz CT molecular complexity index is 26.1. The molecule has 1 radical (unpaired) electrons. The molecule has 1 unspecified atom stereocenters. The third-order valence-corrected chi connectivity index (χ3v) is 0.402. The maximum absolute atomic E-state index is 4.60. The number of ether oxygens (including phenoxy) is 1. The van der Waals surface area contributed by atoms with E-state index < -0.39 is 0 Å². The van der Waals surface area contributed by atoms with Crippen LogP contribution in [0.3, 0.4) is 0 Å². The third kappa shape index (κ3) is 2.88. The van der Waals surface area contributed by atoms with Crippen LogP contribution in [-0.2, 0) is 37.4 Å². The molecule has 27 valence electrons. The molecule has 1 atom stereocenters.